The van der Waals surface area contributed by atoms with Gasteiger partial charge in [-0.25, -0.2) is 0 Å². The van der Waals surface area contributed by atoms with E-state index in [2.05, 4.69) is 23.1 Å². The van der Waals surface area contributed by atoms with E-state index < -0.39 is 0 Å². The van der Waals surface area contributed by atoms with Crippen LogP contribution in [0.15, 0.2) is 0 Å². The summed E-state index contributed by atoms with van der Waals surface area (Å²) in [6.07, 6.45) is 11.6. The lowest BCUT2D eigenvalue weighted by molar-refractivity contribution is 0.540. The first kappa shape index (κ1) is 15.5. The average molecular weight is 228 g/mol. The van der Waals surface area contributed by atoms with E-state index in [0.717, 1.165) is 17.5 Å². The first-order valence-corrected chi connectivity index (χ1v) is 7.23. The molecule has 2 heteroatoms. The van der Waals surface area contributed by atoms with Crippen LogP contribution in [-0.4, -0.2) is 14.1 Å². The molecule has 0 N–H and O–H groups in total. The number of hydrogen-bond donors (Lipinski definition) is 0. The van der Waals surface area contributed by atoms with Crippen LogP contribution in [-0.2, 0) is 0 Å². The van der Waals surface area contributed by atoms with Crippen molar-refractivity contribution in [3.8, 4) is 0 Å². The van der Waals surface area contributed by atoms with E-state index in [1.54, 1.807) is 0 Å². The Balaban J connectivity index is 0.00000196. The lowest BCUT2D eigenvalue weighted by Crippen LogP contribution is -1.85. The normalized spacial score (nSPS) is 28.6. The van der Waals surface area contributed by atoms with E-state index in [1.807, 2.05) is 0 Å². The van der Waals surface area contributed by atoms with E-state index in [4.69, 9.17) is 0 Å². The van der Waals surface area contributed by atoms with Gasteiger partial charge in [-0.2, -0.15) is 0 Å². The fraction of sp³-hybridized carbons (Fsp3) is 1.00. The molecule has 0 aromatic heterocycles. The van der Waals surface area contributed by atoms with E-state index in [-0.39, 0.29) is 8.41 Å². The molecule has 1 rings (SSSR count). The predicted octanol–water partition coefficient (Wildman–Crippen LogP) is 3.45. The Kier molecular flexibility index (Phi) is 8.91. The van der Waals surface area contributed by atoms with Crippen LogP contribution in [0.4, 0.5) is 0 Å². The van der Waals surface area contributed by atoms with Gasteiger partial charge in [-0.1, -0.05) is 52.4 Å². The molecule has 0 amide bonds. The first-order valence-electron chi connectivity index (χ1n) is 6.56. The Hall–Kier alpha value is 0.495. The molecule has 0 heterocycles. The molecule has 0 aromatic rings. The van der Waals surface area contributed by atoms with Gasteiger partial charge in [0.15, 0.2) is 0 Å². The fourth-order valence-corrected chi connectivity index (χ4v) is 3.38. The number of hydrogen-bond acceptors (Lipinski definition) is 0. The monoisotopic (exact) mass is 228 g/mol. The number of rotatable bonds is 8. The standard InChI is InChI=1S/C13H27P.BH3/c1-3-5-7-9-11-12(13(11)14)10-8-6-4-2;/h11-13H,3-10,14H2,1-2H3;1H3. The summed E-state index contributed by atoms with van der Waals surface area (Å²) in [5.41, 5.74) is 0.976. The second kappa shape index (κ2) is 8.62. The summed E-state index contributed by atoms with van der Waals surface area (Å²) >= 11 is 0. The zero-order valence-corrected chi connectivity index (χ0v) is 11.1. The third-order valence-electron chi connectivity index (χ3n) is 3.68. The third kappa shape index (κ3) is 5.39. The van der Waals surface area contributed by atoms with Crippen molar-refractivity contribution in [1.29, 1.82) is 0 Å². The van der Waals surface area contributed by atoms with Gasteiger partial charge in [0, 0.05) is 0 Å². The fourth-order valence-electron chi connectivity index (χ4n) is 2.55. The van der Waals surface area contributed by atoms with E-state index in [9.17, 15) is 0 Å². The third-order valence-corrected chi connectivity index (χ3v) is 4.67. The summed E-state index contributed by atoms with van der Waals surface area (Å²) < 4.78 is 0. The molecular formula is C13H30BP. The first-order chi connectivity index (χ1) is 6.81. The van der Waals surface area contributed by atoms with Crippen LogP contribution in [0, 0.1) is 11.8 Å². The predicted molar refractivity (Wildman–Crippen MR) is 78.7 cm³/mol. The Labute approximate surface area is 101 Å². The van der Waals surface area contributed by atoms with Gasteiger partial charge < -0.3 is 0 Å². The van der Waals surface area contributed by atoms with Crippen molar-refractivity contribution in [3.63, 3.8) is 0 Å². The molecule has 0 nitrogen and oxygen atoms in total. The molecule has 3 unspecified atom stereocenters. The smallest absolute Gasteiger partial charge is 0.0814 e. The average Bonchev–Trinajstić information content (AvgIpc) is 2.78. The molecule has 90 valence electrons. The minimum atomic E-state index is 0. The molecule has 0 aromatic carbocycles. The quantitative estimate of drug-likeness (QED) is 0.339. The van der Waals surface area contributed by atoms with Gasteiger partial charge in [0.2, 0.25) is 0 Å². The molecule has 1 aliphatic rings. The maximum atomic E-state index is 3.07. The van der Waals surface area contributed by atoms with Crippen LogP contribution in [0.25, 0.3) is 0 Å². The molecule has 1 aliphatic carbocycles. The maximum absolute atomic E-state index is 3.07. The Morgan fingerprint density at radius 1 is 0.800 bits per heavy atom. The van der Waals surface area contributed by atoms with Crippen LogP contribution >= 0.6 is 9.24 Å². The van der Waals surface area contributed by atoms with E-state index in [0.29, 0.717) is 0 Å². The second-order valence-electron chi connectivity index (χ2n) is 4.90. The van der Waals surface area contributed by atoms with Gasteiger partial charge in [-0.05, 0) is 30.3 Å². The van der Waals surface area contributed by atoms with Crippen LogP contribution in [0.2, 0.25) is 0 Å². The van der Waals surface area contributed by atoms with Crippen molar-refractivity contribution < 1.29 is 0 Å². The summed E-state index contributed by atoms with van der Waals surface area (Å²) in [7, 11) is 3.07. The minimum Gasteiger partial charge on any atom is -0.134 e. The summed E-state index contributed by atoms with van der Waals surface area (Å²) in [6.45, 7) is 4.59. The molecule has 0 saturated heterocycles. The van der Waals surface area contributed by atoms with Crippen molar-refractivity contribution in [1.82, 2.24) is 0 Å². The highest BCUT2D eigenvalue weighted by Crippen LogP contribution is 2.51. The van der Waals surface area contributed by atoms with Gasteiger partial charge in [0.1, 0.15) is 0 Å². The molecule has 0 aliphatic heterocycles. The molecule has 0 bridgehead atoms. The topological polar surface area (TPSA) is 0 Å². The molecular weight excluding hydrogens is 198 g/mol. The summed E-state index contributed by atoms with van der Waals surface area (Å²) in [5.74, 6) is 2.15. The van der Waals surface area contributed by atoms with Crippen molar-refractivity contribution in [3.05, 3.63) is 0 Å². The van der Waals surface area contributed by atoms with Gasteiger partial charge in [0.25, 0.3) is 0 Å². The van der Waals surface area contributed by atoms with E-state index >= 15 is 0 Å². The maximum Gasteiger partial charge on any atom is 0.0814 e. The lowest BCUT2D eigenvalue weighted by atomic mass is 10.1. The molecule has 3 atom stereocenters. The van der Waals surface area contributed by atoms with Crippen LogP contribution in [0.1, 0.15) is 65.2 Å². The second-order valence-corrected chi connectivity index (χ2v) is 5.67. The van der Waals surface area contributed by atoms with Crippen LogP contribution in [0.3, 0.4) is 0 Å². The van der Waals surface area contributed by atoms with E-state index in [1.165, 1.54) is 51.4 Å². The van der Waals surface area contributed by atoms with Crippen LogP contribution < -0.4 is 0 Å². The largest absolute Gasteiger partial charge is 0.134 e. The summed E-state index contributed by atoms with van der Waals surface area (Å²) in [4.78, 5) is 0. The van der Waals surface area contributed by atoms with Crippen molar-refractivity contribution in [2.75, 3.05) is 0 Å². The van der Waals surface area contributed by atoms with Gasteiger partial charge in [-0.15, -0.1) is 9.24 Å². The Morgan fingerprint density at radius 2 is 1.20 bits per heavy atom. The lowest BCUT2D eigenvalue weighted by Gasteiger charge is -1.99. The highest BCUT2D eigenvalue weighted by Gasteiger charge is 2.44. The zero-order chi connectivity index (χ0) is 10.4. The highest BCUT2D eigenvalue weighted by atomic mass is 31.0. The van der Waals surface area contributed by atoms with Gasteiger partial charge >= 0.3 is 0 Å². The molecule has 15 heavy (non-hydrogen) atoms. The van der Waals surface area contributed by atoms with Crippen molar-refractivity contribution in [2.24, 2.45) is 11.8 Å². The summed E-state index contributed by atoms with van der Waals surface area (Å²) in [6, 6.07) is 0. The highest BCUT2D eigenvalue weighted by molar-refractivity contribution is 7.18. The van der Waals surface area contributed by atoms with Gasteiger partial charge in [0.05, 0.1) is 8.41 Å². The molecule has 0 radical (unpaired) electrons. The Bertz CT molecular complexity index is 133. The minimum absolute atomic E-state index is 0. The zero-order valence-electron chi connectivity index (χ0n) is 9.97. The SMILES string of the molecule is B.CCCCCC1C(P)C1CCCCC. The summed E-state index contributed by atoms with van der Waals surface area (Å²) in [5, 5.41) is 0. The molecule has 0 spiro atoms. The van der Waals surface area contributed by atoms with Gasteiger partial charge in [-0.3, -0.25) is 0 Å². The van der Waals surface area contributed by atoms with Crippen molar-refractivity contribution in [2.45, 2.75) is 70.9 Å². The molecule has 1 fully saturated rings. The van der Waals surface area contributed by atoms with Crippen molar-refractivity contribution >= 4 is 17.7 Å². The van der Waals surface area contributed by atoms with Crippen LogP contribution in [0.5, 0.6) is 0 Å². The number of unbranched alkanes of at least 4 members (excludes halogenated alkanes) is 4. The molecule has 1 saturated carbocycles. The Morgan fingerprint density at radius 3 is 1.53 bits per heavy atom.